The molecule has 0 bridgehead atoms. The van der Waals surface area contributed by atoms with Crippen molar-refractivity contribution >= 4 is 0 Å². The summed E-state index contributed by atoms with van der Waals surface area (Å²) >= 11 is 0. The van der Waals surface area contributed by atoms with Crippen LogP contribution in [0.4, 0.5) is 0 Å². The van der Waals surface area contributed by atoms with Gasteiger partial charge in [-0.25, -0.2) is 0 Å². The normalized spacial score (nSPS) is 11.5. The molecule has 0 unspecified atom stereocenters. The number of methoxy groups -OCH3 is 2. The number of nitrogens with one attached hydrogen (secondary N) is 1. The second kappa shape index (κ2) is 6.78. The molecule has 0 radical (unpaired) electrons. The molecule has 19 heavy (non-hydrogen) atoms. The minimum Gasteiger partial charge on any atom is -0.497 e. The number of aryl methyl sites for hydroxylation is 1. The molecule has 108 valence electrons. The van der Waals surface area contributed by atoms with Gasteiger partial charge in [0.05, 0.1) is 14.2 Å². The largest absolute Gasteiger partial charge is 0.497 e. The van der Waals surface area contributed by atoms with Crippen LogP contribution in [0.1, 0.15) is 25.0 Å². The molecule has 4 nitrogen and oxygen atoms in total. The second-order valence-corrected chi connectivity index (χ2v) is 5.37. The van der Waals surface area contributed by atoms with Crippen LogP contribution in [0.3, 0.4) is 0 Å². The SMILES string of the molecule is COc1cc(C)c(C(C)(C)CNCCN)c(OC)c1. The van der Waals surface area contributed by atoms with E-state index in [4.69, 9.17) is 15.2 Å². The summed E-state index contributed by atoms with van der Waals surface area (Å²) in [5.41, 5.74) is 7.87. The molecular weight excluding hydrogens is 240 g/mol. The molecular formula is C15H26N2O2. The number of nitrogens with two attached hydrogens (primary N) is 1. The molecule has 0 spiro atoms. The molecule has 0 fully saturated rings. The third-order valence-electron chi connectivity index (χ3n) is 3.29. The number of hydrogen-bond donors (Lipinski definition) is 2. The van der Waals surface area contributed by atoms with Gasteiger partial charge in [0, 0.05) is 36.7 Å². The van der Waals surface area contributed by atoms with Crippen molar-refractivity contribution in [3.63, 3.8) is 0 Å². The van der Waals surface area contributed by atoms with Gasteiger partial charge in [0.25, 0.3) is 0 Å². The lowest BCUT2D eigenvalue weighted by Gasteiger charge is -2.29. The zero-order valence-corrected chi connectivity index (χ0v) is 12.7. The van der Waals surface area contributed by atoms with Crippen molar-refractivity contribution in [2.45, 2.75) is 26.2 Å². The summed E-state index contributed by atoms with van der Waals surface area (Å²) in [4.78, 5) is 0. The highest BCUT2D eigenvalue weighted by molar-refractivity contribution is 5.50. The molecule has 0 saturated heterocycles. The Morgan fingerprint density at radius 3 is 2.42 bits per heavy atom. The Kier molecular flexibility index (Phi) is 5.63. The van der Waals surface area contributed by atoms with Crippen LogP contribution in [-0.2, 0) is 5.41 Å². The summed E-state index contributed by atoms with van der Waals surface area (Å²) in [7, 11) is 3.36. The van der Waals surface area contributed by atoms with Crippen molar-refractivity contribution in [3.8, 4) is 11.5 Å². The topological polar surface area (TPSA) is 56.5 Å². The lowest BCUT2D eigenvalue weighted by molar-refractivity contribution is 0.374. The minimum absolute atomic E-state index is 0.0309. The zero-order valence-electron chi connectivity index (χ0n) is 12.7. The first-order valence-corrected chi connectivity index (χ1v) is 6.60. The number of benzene rings is 1. The van der Waals surface area contributed by atoms with Crippen LogP contribution in [0.2, 0.25) is 0 Å². The van der Waals surface area contributed by atoms with Gasteiger partial charge < -0.3 is 20.5 Å². The average molecular weight is 266 g/mol. The lowest BCUT2D eigenvalue weighted by atomic mass is 9.81. The molecule has 0 saturated carbocycles. The van der Waals surface area contributed by atoms with E-state index >= 15 is 0 Å². The molecule has 0 aliphatic heterocycles. The average Bonchev–Trinajstić information content (AvgIpc) is 2.37. The predicted molar refractivity (Wildman–Crippen MR) is 79.2 cm³/mol. The van der Waals surface area contributed by atoms with Gasteiger partial charge in [-0.2, -0.15) is 0 Å². The number of rotatable bonds is 7. The van der Waals surface area contributed by atoms with Crippen LogP contribution in [0.25, 0.3) is 0 Å². The maximum atomic E-state index is 5.53. The fraction of sp³-hybridized carbons (Fsp3) is 0.600. The zero-order chi connectivity index (χ0) is 14.5. The Morgan fingerprint density at radius 2 is 1.89 bits per heavy atom. The summed E-state index contributed by atoms with van der Waals surface area (Å²) in [6.07, 6.45) is 0. The van der Waals surface area contributed by atoms with Crippen LogP contribution in [0.15, 0.2) is 12.1 Å². The lowest BCUT2D eigenvalue weighted by Crippen LogP contribution is -2.36. The summed E-state index contributed by atoms with van der Waals surface area (Å²) < 4.78 is 10.8. The monoisotopic (exact) mass is 266 g/mol. The Hall–Kier alpha value is -1.26. The standard InChI is InChI=1S/C15H26N2O2/c1-11-8-12(18-4)9-13(19-5)14(11)15(2,3)10-17-7-6-16/h8-9,17H,6-7,10,16H2,1-5H3. The van der Waals surface area contributed by atoms with E-state index < -0.39 is 0 Å². The molecule has 0 aliphatic rings. The second-order valence-electron chi connectivity index (χ2n) is 5.37. The van der Waals surface area contributed by atoms with E-state index in [1.54, 1.807) is 14.2 Å². The highest BCUT2D eigenvalue weighted by Gasteiger charge is 2.26. The number of ether oxygens (including phenoxy) is 2. The van der Waals surface area contributed by atoms with Crippen LogP contribution in [0, 0.1) is 6.92 Å². The quantitative estimate of drug-likeness (QED) is 0.739. The first-order valence-electron chi connectivity index (χ1n) is 6.60. The van der Waals surface area contributed by atoms with Crippen molar-refractivity contribution in [3.05, 3.63) is 23.3 Å². The molecule has 4 heteroatoms. The van der Waals surface area contributed by atoms with Crippen LogP contribution in [-0.4, -0.2) is 33.9 Å². The van der Waals surface area contributed by atoms with Crippen molar-refractivity contribution in [1.82, 2.24) is 5.32 Å². The fourth-order valence-electron chi connectivity index (χ4n) is 2.46. The molecule has 1 aromatic carbocycles. The summed E-state index contributed by atoms with van der Waals surface area (Å²) in [5, 5.41) is 3.37. The smallest absolute Gasteiger partial charge is 0.126 e. The van der Waals surface area contributed by atoms with E-state index in [0.29, 0.717) is 6.54 Å². The molecule has 1 aromatic rings. The maximum absolute atomic E-state index is 5.53. The Morgan fingerprint density at radius 1 is 1.21 bits per heavy atom. The van der Waals surface area contributed by atoms with Gasteiger partial charge in [-0.1, -0.05) is 13.8 Å². The van der Waals surface area contributed by atoms with E-state index in [-0.39, 0.29) is 5.41 Å². The molecule has 0 aliphatic carbocycles. The third kappa shape index (κ3) is 3.85. The van der Waals surface area contributed by atoms with Gasteiger partial charge in [-0.05, 0) is 18.6 Å². The molecule has 0 aromatic heterocycles. The van der Waals surface area contributed by atoms with E-state index in [2.05, 4.69) is 26.1 Å². The Balaban J connectivity index is 3.09. The summed E-state index contributed by atoms with van der Waals surface area (Å²) in [5.74, 6) is 1.69. The van der Waals surface area contributed by atoms with E-state index in [1.165, 1.54) is 11.1 Å². The molecule has 3 N–H and O–H groups in total. The van der Waals surface area contributed by atoms with Gasteiger partial charge >= 0.3 is 0 Å². The summed E-state index contributed by atoms with van der Waals surface area (Å²) in [6.45, 7) is 8.82. The van der Waals surface area contributed by atoms with E-state index in [9.17, 15) is 0 Å². The predicted octanol–water partition coefficient (Wildman–Crippen LogP) is 1.84. The van der Waals surface area contributed by atoms with Gasteiger partial charge in [0.1, 0.15) is 11.5 Å². The van der Waals surface area contributed by atoms with Crippen LogP contribution >= 0.6 is 0 Å². The van der Waals surface area contributed by atoms with Crippen LogP contribution in [0.5, 0.6) is 11.5 Å². The Labute approximate surface area is 116 Å². The van der Waals surface area contributed by atoms with Gasteiger partial charge in [-0.15, -0.1) is 0 Å². The maximum Gasteiger partial charge on any atom is 0.126 e. The van der Waals surface area contributed by atoms with Gasteiger partial charge in [0.2, 0.25) is 0 Å². The molecule has 0 heterocycles. The number of hydrogen-bond acceptors (Lipinski definition) is 4. The first kappa shape index (κ1) is 15.8. The van der Waals surface area contributed by atoms with Crippen molar-refractivity contribution < 1.29 is 9.47 Å². The Bertz CT molecular complexity index is 417. The highest BCUT2D eigenvalue weighted by Crippen LogP contribution is 2.37. The van der Waals surface area contributed by atoms with Gasteiger partial charge in [0.15, 0.2) is 0 Å². The van der Waals surface area contributed by atoms with E-state index in [0.717, 1.165) is 24.6 Å². The molecule has 0 amide bonds. The third-order valence-corrected chi connectivity index (χ3v) is 3.29. The van der Waals surface area contributed by atoms with Crippen molar-refractivity contribution in [1.29, 1.82) is 0 Å². The fourth-order valence-corrected chi connectivity index (χ4v) is 2.46. The highest BCUT2D eigenvalue weighted by atomic mass is 16.5. The van der Waals surface area contributed by atoms with Crippen molar-refractivity contribution in [2.75, 3.05) is 33.9 Å². The molecule has 1 rings (SSSR count). The summed E-state index contributed by atoms with van der Waals surface area (Å²) in [6, 6.07) is 3.98. The van der Waals surface area contributed by atoms with Gasteiger partial charge in [-0.3, -0.25) is 0 Å². The van der Waals surface area contributed by atoms with E-state index in [1.807, 2.05) is 12.1 Å². The minimum atomic E-state index is -0.0309. The molecule has 0 atom stereocenters. The first-order chi connectivity index (χ1) is 8.96. The van der Waals surface area contributed by atoms with Crippen LogP contribution < -0.4 is 20.5 Å². The van der Waals surface area contributed by atoms with Crippen molar-refractivity contribution in [2.24, 2.45) is 5.73 Å².